The van der Waals surface area contributed by atoms with E-state index in [0.717, 1.165) is 18.8 Å². The van der Waals surface area contributed by atoms with Crippen molar-refractivity contribution in [3.05, 3.63) is 23.8 Å². The molecule has 0 N–H and O–H groups in total. The first kappa shape index (κ1) is 10.6. The highest BCUT2D eigenvalue weighted by Gasteiger charge is 2.19. The maximum absolute atomic E-state index is 12.1. The monoisotopic (exact) mass is 233 g/mol. The Labute approximate surface area is 100 Å². The van der Waals surface area contributed by atoms with E-state index in [2.05, 4.69) is 4.90 Å². The minimum absolute atomic E-state index is 0.158. The second-order valence-corrected chi connectivity index (χ2v) is 4.47. The third kappa shape index (κ3) is 2.13. The lowest BCUT2D eigenvalue weighted by Crippen LogP contribution is -2.26. The fraction of sp³-hybridized carbons (Fsp3) is 0.462. The maximum Gasteiger partial charge on any atom is 0.231 e. The number of rotatable bonds is 3. The van der Waals surface area contributed by atoms with Crippen LogP contribution in [-0.4, -0.2) is 37.1 Å². The molecule has 0 unspecified atom stereocenters. The van der Waals surface area contributed by atoms with Gasteiger partial charge in [-0.3, -0.25) is 9.69 Å². The average Bonchev–Trinajstić information content (AvgIpc) is 2.97. The third-order valence-corrected chi connectivity index (χ3v) is 3.26. The van der Waals surface area contributed by atoms with Gasteiger partial charge in [0, 0.05) is 5.56 Å². The lowest BCUT2D eigenvalue weighted by molar-refractivity contribution is 0.0945. The van der Waals surface area contributed by atoms with Gasteiger partial charge in [-0.2, -0.15) is 0 Å². The Balaban J connectivity index is 1.72. The Morgan fingerprint density at radius 3 is 2.76 bits per heavy atom. The highest BCUT2D eigenvalue weighted by molar-refractivity contribution is 5.98. The van der Waals surface area contributed by atoms with Gasteiger partial charge in [-0.05, 0) is 44.1 Å². The topological polar surface area (TPSA) is 38.8 Å². The molecule has 17 heavy (non-hydrogen) atoms. The van der Waals surface area contributed by atoms with Crippen LogP contribution in [0.5, 0.6) is 11.5 Å². The fourth-order valence-corrected chi connectivity index (χ4v) is 2.31. The number of Topliss-reactive ketones (excluding diaryl/α,β-unsaturated/α-hetero) is 1. The van der Waals surface area contributed by atoms with Crippen LogP contribution in [0.2, 0.25) is 0 Å². The summed E-state index contributed by atoms with van der Waals surface area (Å²) < 4.78 is 10.5. The molecule has 90 valence electrons. The molecule has 1 aromatic rings. The molecule has 1 saturated heterocycles. The van der Waals surface area contributed by atoms with Crippen molar-refractivity contribution in [2.24, 2.45) is 0 Å². The molecule has 0 spiro atoms. The van der Waals surface area contributed by atoms with E-state index in [4.69, 9.17) is 9.47 Å². The number of carbonyl (C=O) groups excluding carboxylic acids is 1. The molecule has 1 aromatic carbocycles. The molecule has 0 atom stereocenters. The van der Waals surface area contributed by atoms with E-state index < -0.39 is 0 Å². The molecule has 2 aliphatic rings. The molecule has 2 aliphatic heterocycles. The standard InChI is InChI=1S/C13H15NO3/c15-11(8-14-5-1-2-6-14)10-3-4-12-13(7-10)17-9-16-12/h3-4,7H,1-2,5-6,8-9H2. The SMILES string of the molecule is O=C(CN1CCCC1)c1ccc2c(c1)OCO2. The summed E-state index contributed by atoms with van der Waals surface area (Å²) in [5.74, 6) is 1.56. The quantitative estimate of drug-likeness (QED) is 0.745. The van der Waals surface area contributed by atoms with Crippen molar-refractivity contribution in [3.63, 3.8) is 0 Å². The van der Waals surface area contributed by atoms with Crippen molar-refractivity contribution in [2.45, 2.75) is 12.8 Å². The van der Waals surface area contributed by atoms with E-state index in [0.29, 0.717) is 17.9 Å². The van der Waals surface area contributed by atoms with Gasteiger partial charge in [0.05, 0.1) is 6.54 Å². The molecule has 0 saturated carbocycles. The van der Waals surface area contributed by atoms with E-state index in [1.807, 2.05) is 6.07 Å². The predicted octanol–water partition coefficient (Wildman–Crippen LogP) is 1.69. The van der Waals surface area contributed by atoms with Crippen LogP contribution >= 0.6 is 0 Å². The third-order valence-electron chi connectivity index (χ3n) is 3.26. The number of nitrogens with zero attached hydrogens (tertiary/aromatic N) is 1. The fourth-order valence-electron chi connectivity index (χ4n) is 2.31. The van der Waals surface area contributed by atoms with Gasteiger partial charge in [0.25, 0.3) is 0 Å². The average molecular weight is 233 g/mol. The number of carbonyl (C=O) groups is 1. The summed E-state index contributed by atoms with van der Waals surface area (Å²) in [4.78, 5) is 14.3. The van der Waals surface area contributed by atoms with E-state index in [1.165, 1.54) is 12.8 Å². The number of ether oxygens (including phenoxy) is 2. The summed E-state index contributed by atoms with van der Waals surface area (Å²) in [6.45, 7) is 2.84. The molecule has 4 nitrogen and oxygen atoms in total. The van der Waals surface area contributed by atoms with Crippen LogP contribution in [0.1, 0.15) is 23.2 Å². The van der Waals surface area contributed by atoms with Crippen LogP contribution in [0.4, 0.5) is 0 Å². The normalized spacial score (nSPS) is 18.6. The van der Waals surface area contributed by atoms with Crippen LogP contribution in [0, 0.1) is 0 Å². The molecule has 4 heteroatoms. The van der Waals surface area contributed by atoms with Gasteiger partial charge in [-0.15, -0.1) is 0 Å². The van der Waals surface area contributed by atoms with Gasteiger partial charge in [-0.25, -0.2) is 0 Å². The smallest absolute Gasteiger partial charge is 0.231 e. The molecule has 0 bridgehead atoms. The first-order valence-electron chi connectivity index (χ1n) is 5.98. The molecular weight excluding hydrogens is 218 g/mol. The summed E-state index contributed by atoms with van der Waals surface area (Å²) in [6, 6.07) is 5.40. The van der Waals surface area contributed by atoms with Gasteiger partial charge in [0.15, 0.2) is 17.3 Å². The highest BCUT2D eigenvalue weighted by Crippen LogP contribution is 2.32. The summed E-state index contributed by atoms with van der Waals surface area (Å²) >= 11 is 0. The zero-order valence-corrected chi connectivity index (χ0v) is 9.65. The summed E-state index contributed by atoms with van der Waals surface area (Å²) in [5.41, 5.74) is 0.709. The molecule has 2 heterocycles. The van der Waals surface area contributed by atoms with Crippen LogP contribution in [0.15, 0.2) is 18.2 Å². The van der Waals surface area contributed by atoms with Gasteiger partial charge in [-0.1, -0.05) is 0 Å². The van der Waals surface area contributed by atoms with E-state index >= 15 is 0 Å². The van der Waals surface area contributed by atoms with Crippen molar-refractivity contribution in [1.29, 1.82) is 0 Å². The zero-order chi connectivity index (χ0) is 11.7. The number of fused-ring (bicyclic) bond motifs is 1. The van der Waals surface area contributed by atoms with Gasteiger partial charge < -0.3 is 9.47 Å². The summed E-state index contributed by atoms with van der Waals surface area (Å²) in [6.07, 6.45) is 2.41. The molecular formula is C13H15NO3. The minimum Gasteiger partial charge on any atom is -0.454 e. The van der Waals surface area contributed by atoms with Crippen molar-refractivity contribution in [1.82, 2.24) is 4.90 Å². The van der Waals surface area contributed by atoms with Crippen molar-refractivity contribution >= 4 is 5.78 Å². The second-order valence-electron chi connectivity index (χ2n) is 4.47. The Kier molecular flexibility index (Phi) is 2.73. The lowest BCUT2D eigenvalue weighted by Gasteiger charge is -2.13. The summed E-state index contributed by atoms with van der Waals surface area (Å²) in [5, 5.41) is 0. The molecule has 0 aromatic heterocycles. The van der Waals surface area contributed by atoms with E-state index in [9.17, 15) is 4.79 Å². The first-order valence-corrected chi connectivity index (χ1v) is 5.98. The number of hydrogen-bond acceptors (Lipinski definition) is 4. The van der Waals surface area contributed by atoms with Gasteiger partial charge >= 0.3 is 0 Å². The van der Waals surface area contributed by atoms with Crippen molar-refractivity contribution in [3.8, 4) is 11.5 Å². The molecule has 3 rings (SSSR count). The van der Waals surface area contributed by atoms with E-state index in [-0.39, 0.29) is 12.6 Å². The Bertz CT molecular complexity index is 438. The number of benzene rings is 1. The summed E-state index contributed by atoms with van der Waals surface area (Å²) in [7, 11) is 0. The van der Waals surface area contributed by atoms with Crippen LogP contribution in [-0.2, 0) is 0 Å². The number of ketones is 1. The van der Waals surface area contributed by atoms with Crippen LogP contribution in [0.3, 0.4) is 0 Å². The Morgan fingerprint density at radius 1 is 1.18 bits per heavy atom. The van der Waals surface area contributed by atoms with Gasteiger partial charge in [0.2, 0.25) is 6.79 Å². The van der Waals surface area contributed by atoms with Gasteiger partial charge in [0.1, 0.15) is 0 Å². The van der Waals surface area contributed by atoms with Crippen molar-refractivity contribution in [2.75, 3.05) is 26.4 Å². The Morgan fingerprint density at radius 2 is 1.94 bits per heavy atom. The van der Waals surface area contributed by atoms with Crippen LogP contribution in [0.25, 0.3) is 0 Å². The molecule has 0 radical (unpaired) electrons. The first-order chi connectivity index (χ1) is 8.33. The number of hydrogen-bond donors (Lipinski definition) is 0. The maximum atomic E-state index is 12.1. The zero-order valence-electron chi connectivity index (χ0n) is 9.65. The molecule has 0 aliphatic carbocycles. The highest BCUT2D eigenvalue weighted by atomic mass is 16.7. The van der Waals surface area contributed by atoms with E-state index in [1.54, 1.807) is 12.1 Å². The lowest BCUT2D eigenvalue weighted by atomic mass is 10.1. The second kappa shape index (κ2) is 4.37. The molecule has 0 amide bonds. The molecule has 1 fully saturated rings. The Hall–Kier alpha value is -1.55. The van der Waals surface area contributed by atoms with Crippen molar-refractivity contribution < 1.29 is 14.3 Å². The van der Waals surface area contributed by atoms with Crippen LogP contribution < -0.4 is 9.47 Å². The predicted molar refractivity (Wildman–Crippen MR) is 62.6 cm³/mol. The number of likely N-dealkylation sites (tertiary alicyclic amines) is 1. The minimum atomic E-state index is 0.158. The largest absolute Gasteiger partial charge is 0.454 e.